The molecule has 2 fully saturated rings. The lowest BCUT2D eigenvalue weighted by Gasteiger charge is -2.46. The molecule has 3 atom stereocenters. The van der Waals surface area contributed by atoms with Crippen LogP contribution in [0, 0.1) is 22.7 Å². The number of nitrogens with one attached hydrogen (secondary N) is 1. The van der Waals surface area contributed by atoms with Crippen LogP contribution in [0.5, 0.6) is 0 Å². The van der Waals surface area contributed by atoms with E-state index in [0.29, 0.717) is 12.8 Å². The predicted octanol–water partition coefficient (Wildman–Crippen LogP) is 3.85. The van der Waals surface area contributed by atoms with Crippen molar-refractivity contribution in [2.24, 2.45) is 22.7 Å². The van der Waals surface area contributed by atoms with Crippen LogP contribution in [0.3, 0.4) is 0 Å². The largest absolute Gasteiger partial charge is 0.416 e. The average Bonchev–Trinajstić information content (AvgIpc) is 2.70. The van der Waals surface area contributed by atoms with E-state index in [1.54, 1.807) is 6.92 Å². The minimum absolute atomic E-state index is 0.0900. The van der Waals surface area contributed by atoms with Crippen molar-refractivity contribution in [3.8, 4) is 0 Å². The van der Waals surface area contributed by atoms with Gasteiger partial charge >= 0.3 is 6.18 Å². The molecular weight excluding hydrogens is 347 g/mol. The van der Waals surface area contributed by atoms with Crippen molar-refractivity contribution in [1.29, 1.82) is 0 Å². The number of rotatable bonds is 2. The summed E-state index contributed by atoms with van der Waals surface area (Å²) in [5.41, 5.74) is -2.33. The Bertz CT molecular complexity index is 799. The normalized spacial score (nSPS) is 30.4. The van der Waals surface area contributed by atoms with Gasteiger partial charge in [0.2, 0.25) is 5.91 Å². The fourth-order valence-electron chi connectivity index (χ4n) is 4.32. The van der Waals surface area contributed by atoms with Crippen LogP contribution in [0.2, 0.25) is 0 Å². The number of hydrogen-bond acceptors (Lipinski definition) is 3. The third kappa shape index (κ3) is 2.56. The molecule has 2 aliphatic rings. The van der Waals surface area contributed by atoms with Crippen LogP contribution < -0.4 is 5.32 Å². The highest BCUT2D eigenvalue weighted by molar-refractivity contribution is 6.25. The molecule has 3 unspecified atom stereocenters. The van der Waals surface area contributed by atoms with Gasteiger partial charge in [0, 0.05) is 17.0 Å². The Morgan fingerprint density at radius 1 is 1.19 bits per heavy atom. The first-order valence-corrected chi connectivity index (χ1v) is 8.46. The molecule has 140 valence electrons. The molecule has 26 heavy (non-hydrogen) atoms. The number of amides is 1. The van der Waals surface area contributed by atoms with Gasteiger partial charge in [-0.3, -0.25) is 14.4 Å². The summed E-state index contributed by atoms with van der Waals surface area (Å²) in [4.78, 5) is 38.3. The third-order valence-electron chi connectivity index (χ3n) is 6.38. The maximum Gasteiger partial charge on any atom is 0.416 e. The lowest BCUT2D eigenvalue weighted by Crippen LogP contribution is -2.56. The Morgan fingerprint density at radius 2 is 1.85 bits per heavy atom. The number of carbonyl (C=O) groups is 3. The molecule has 0 heterocycles. The van der Waals surface area contributed by atoms with Gasteiger partial charge in [0.1, 0.15) is 0 Å². The standard InChI is InChI=1S/C19H20F3NO3/c1-17(2)12-7-8-18(17,3)15(25)13(14(12)24)16(26)23-11-6-4-5-10(9-11)19(20,21)22/h4-6,9,12-13H,7-8H2,1-3H3,(H,23,26). The van der Waals surface area contributed by atoms with Gasteiger partial charge in [-0.25, -0.2) is 0 Å². The first-order chi connectivity index (χ1) is 11.9. The Morgan fingerprint density at radius 3 is 2.46 bits per heavy atom. The molecule has 0 radical (unpaired) electrons. The van der Waals surface area contributed by atoms with E-state index in [2.05, 4.69) is 5.32 Å². The zero-order valence-corrected chi connectivity index (χ0v) is 14.7. The first-order valence-electron chi connectivity index (χ1n) is 8.46. The monoisotopic (exact) mass is 367 g/mol. The van der Waals surface area contributed by atoms with E-state index in [4.69, 9.17) is 0 Å². The van der Waals surface area contributed by atoms with Gasteiger partial charge < -0.3 is 5.32 Å². The van der Waals surface area contributed by atoms with Crippen molar-refractivity contribution in [3.63, 3.8) is 0 Å². The summed E-state index contributed by atoms with van der Waals surface area (Å²) < 4.78 is 38.4. The molecule has 0 aliphatic heterocycles. The summed E-state index contributed by atoms with van der Waals surface area (Å²) in [7, 11) is 0. The Hall–Kier alpha value is -2.18. The van der Waals surface area contributed by atoms with Crippen molar-refractivity contribution in [3.05, 3.63) is 29.8 Å². The highest BCUT2D eigenvalue weighted by Crippen LogP contribution is 2.61. The minimum atomic E-state index is -4.55. The molecule has 0 aromatic heterocycles. The number of fused-ring (bicyclic) bond motifs is 2. The average molecular weight is 367 g/mol. The molecular formula is C19H20F3NO3. The molecule has 1 N–H and O–H groups in total. The molecule has 2 bridgehead atoms. The Labute approximate surface area is 149 Å². The van der Waals surface area contributed by atoms with E-state index in [9.17, 15) is 27.6 Å². The van der Waals surface area contributed by atoms with Gasteiger partial charge in [0.25, 0.3) is 0 Å². The number of halogens is 3. The number of ketones is 2. The zero-order valence-electron chi connectivity index (χ0n) is 14.7. The summed E-state index contributed by atoms with van der Waals surface area (Å²) in [5, 5.41) is 2.32. The molecule has 2 aliphatic carbocycles. The molecule has 1 aromatic rings. The molecule has 7 heteroatoms. The van der Waals surface area contributed by atoms with Crippen LogP contribution in [0.25, 0.3) is 0 Å². The first kappa shape index (κ1) is 18.6. The molecule has 4 nitrogen and oxygen atoms in total. The van der Waals surface area contributed by atoms with Gasteiger partial charge in [-0.05, 0) is 36.5 Å². The molecule has 2 saturated carbocycles. The number of benzene rings is 1. The summed E-state index contributed by atoms with van der Waals surface area (Å²) in [6, 6.07) is 4.13. The van der Waals surface area contributed by atoms with E-state index < -0.39 is 51.9 Å². The summed E-state index contributed by atoms with van der Waals surface area (Å²) in [6.07, 6.45) is -3.47. The summed E-state index contributed by atoms with van der Waals surface area (Å²) in [6.45, 7) is 5.50. The maximum absolute atomic E-state index is 12.9. The number of hydrogen-bond donors (Lipinski definition) is 1. The highest BCUT2D eigenvalue weighted by Gasteiger charge is 2.66. The van der Waals surface area contributed by atoms with Gasteiger partial charge in [-0.15, -0.1) is 0 Å². The molecule has 0 spiro atoms. The molecule has 1 amide bonds. The lowest BCUT2D eigenvalue weighted by molar-refractivity contribution is -0.156. The van der Waals surface area contributed by atoms with Gasteiger partial charge in [-0.1, -0.05) is 26.8 Å². The molecule has 3 rings (SSSR count). The van der Waals surface area contributed by atoms with Crippen LogP contribution in [-0.2, 0) is 20.6 Å². The van der Waals surface area contributed by atoms with Crippen LogP contribution in [0.4, 0.5) is 18.9 Å². The second-order valence-electron chi connectivity index (χ2n) is 7.91. The number of anilines is 1. The quantitative estimate of drug-likeness (QED) is 0.808. The second kappa shape index (κ2) is 5.66. The van der Waals surface area contributed by atoms with Gasteiger partial charge in [0.15, 0.2) is 17.5 Å². The van der Waals surface area contributed by atoms with E-state index in [1.807, 2.05) is 13.8 Å². The smallest absolute Gasteiger partial charge is 0.325 e. The van der Waals surface area contributed by atoms with Crippen molar-refractivity contribution in [2.75, 3.05) is 5.32 Å². The fraction of sp³-hybridized carbons (Fsp3) is 0.526. The third-order valence-corrected chi connectivity index (χ3v) is 6.38. The van der Waals surface area contributed by atoms with Crippen molar-refractivity contribution in [1.82, 2.24) is 0 Å². The summed E-state index contributed by atoms with van der Waals surface area (Å²) in [5.74, 6) is -3.59. The van der Waals surface area contributed by atoms with Crippen LogP contribution in [-0.4, -0.2) is 17.5 Å². The van der Waals surface area contributed by atoms with E-state index >= 15 is 0 Å². The van der Waals surface area contributed by atoms with E-state index in [-0.39, 0.29) is 5.69 Å². The van der Waals surface area contributed by atoms with Crippen LogP contribution in [0.1, 0.15) is 39.2 Å². The van der Waals surface area contributed by atoms with Crippen molar-refractivity contribution in [2.45, 2.75) is 39.8 Å². The highest BCUT2D eigenvalue weighted by atomic mass is 19.4. The topological polar surface area (TPSA) is 63.2 Å². The number of Topliss-reactive ketones (excluding diaryl/α,β-unsaturated/α-hetero) is 2. The summed E-state index contributed by atoms with van der Waals surface area (Å²) >= 11 is 0. The van der Waals surface area contributed by atoms with Crippen molar-refractivity contribution < 1.29 is 27.6 Å². The van der Waals surface area contributed by atoms with Crippen molar-refractivity contribution >= 4 is 23.2 Å². The second-order valence-corrected chi connectivity index (χ2v) is 7.91. The Balaban J connectivity index is 1.88. The zero-order chi connectivity index (χ0) is 19.5. The van der Waals surface area contributed by atoms with E-state index in [1.165, 1.54) is 6.07 Å². The van der Waals surface area contributed by atoms with Gasteiger partial charge in [-0.2, -0.15) is 13.2 Å². The number of carbonyl (C=O) groups excluding carboxylic acids is 3. The lowest BCUT2D eigenvalue weighted by atomic mass is 9.55. The SMILES string of the molecule is CC12CCC(C(=O)C(C(=O)Nc3cccc(C(F)(F)F)c3)C1=O)C2(C)C. The van der Waals surface area contributed by atoms with E-state index in [0.717, 1.165) is 18.2 Å². The maximum atomic E-state index is 12.9. The minimum Gasteiger partial charge on any atom is -0.325 e. The Kier molecular flexibility index (Phi) is 4.05. The molecule has 1 aromatic carbocycles. The fourth-order valence-corrected chi connectivity index (χ4v) is 4.32. The number of alkyl halides is 3. The van der Waals surface area contributed by atoms with Crippen LogP contribution >= 0.6 is 0 Å². The molecule has 0 saturated heterocycles. The predicted molar refractivity (Wildman–Crippen MR) is 88.2 cm³/mol. The van der Waals surface area contributed by atoms with Crippen LogP contribution in [0.15, 0.2) is 24.3 Å². The van der Waals surface area contributed by atoms with Gasteiger partial charge in [0.05, 0.1) is 5.56 Å².